The van der Waals surface area contributed by atoms with Gasteiger partial charge in [-0.05, 0) is 52.2 Å². The number of nitrogens with zero attached hydrogens (tertiary/aromatic N) is 2. The van der Waals surface area contributed by atoms with Crippen LogP contribution in [0.3, 0.4) is 0 Å². The first-order valence-corrected chi connectivity index (χ1v) is 7.52. The van der Waals surface area contributed by atoms with Crippen LogP contribution >= 0.6 is 0 Å². The number of rotatable bonds is 4. The van der Waals surface area contributed by atoms with Crippen molar-refractivity contribution >= 4 is 6.09 Å². The summed E-state index contributed by atoms with van der Waals surface area (Å²) < 4.78 is 5.03. The first-order chi connectivity index (χ1) is 9.19. The Morgan fingerprint density at radius 3 is 2.58 bits per heavy atom. The van der Waals surface area contributed by atoms with Crippen molar-refractivity contribution in [2.24, 2.45) is 5.92 Å². The molecule has 1 unspecified atom stereocenters. The lowest BCUT2D eigenvalue weighted by atomic mass is 10.0. The third kappa shape index (κ3) is 4.35. The van der Waals surface area contributed by atoms with Crippen LogP contribution in [0.5, 0.6) is 0 Å². The van der Waals surface area contributed by atoms with Crippen LogP contribution in [0.4, 0.5) is 4.79 Å². The molecule has 2 aliphatic rings. The second-order valence-electron chi connectivity index (χ2n) is 5.79. The van der Waals surface area contributed by atoms with E-state index in [2.05, 4.69) is 17.3 Å². The standard InChI is InChI=1S/C14H27N3O2/c1-3-19-14(18)17-8-5-13(6-9-17)15-10-12-4-7-16(2)11-12/h12-13,15H,3-11H2,1-2H3. The highest BCUT2D eigenvalue weighted by Gasteiger charge is 2.25. The van der Waals surface area contributed by atoms with Crippen LogP contribution in [0.25, 0.3) is 0 Å². The summed E-state index contributed by atoms with van der Waals surface area (Å²) in [7, 11) is 2.19. The second kappa shape index (κ2) is 7.10. The molecular formula is C14H27N3O2. The Labute approximate surface area is 116 Å². The maximum absolute atomic E-state index is 11.6. The number of amides is 1. The lowest BCUT2D eigenvalue weighted by Gasteiger charge is -2.32. The van der Waals surface area contributed by atoms with Gasteiger partial charge in [-0.15, -0.1) is 0 Å². The zero-order valence-corrected chi connectivity index (χ0v) is 12.2. The summed E-state index contributed by atoms with van der Waals surface area (Å²) in [5.41, 5.74) is 0. The molecule has 5 heteroatoms. The minimum absolute atomic E-state index is 0.154. The molecule has 0 bridgehead atoms. The van der Waals surface area contributed by atoms with Crippen LogP contribution < -0.4 is 5.32 Å². The molecule has 0 saturated carbocycles. The van der Waals surface area contributed by atoms with Crippen LogP contribution in [0.15, 0.2) is 0 Å². The van der Waals surface area contributed by atoms with Gasteiger partial charge >= 0.3 is 6.09 Å². The minimum atomic E-state index is -0.154. The maximum atomic E-state index is 11.6. The molecule has 110 valence electrons. The van der Waals surface area contributed by atoms with Gasteiger partial charge in [0.15, 0.2) is 0 Å². The van der Waals surface area contributed by atoms with Crippen LogP contribution in [0.1, 0.15) is 26.2 Å². The normalized spacial score (nSPS) is 25.8. The van der Waals surface area contributed by atoms with Gasteiger partial charge in [0.1, 0.15) is 0 Å². The molecule has 0 aromatic heterocycles. The van der Waals surface area contributed by atoms with Crippen molar-refractivity contribution in [1.29, 1.82) is 0 Å². The quantitative estimate of drug-likeness (QED) is 0.831. The van der Waals surface area contributed by atoms with Crippen LogP contribution in [0.2, 0.25) is 0 Å². The zero-order valence-electron chi connectivity index (χ0n) is 12.2. The largest absolute Gasteiger partial charge is 0.450 e. The maximum Gasteiger partial charge on any atom is 0.409 e. The fourth-order valence-corrected chi connectivity index (χ4v) is 3.01. The monoisotopic (exact) mass is 269 g/mol. The third-order valence-corrected chi connectivity index (χ3v) is 4.21. The molecule has 2 fully saturated rings. The van der Waals surface area contributed by atoms with E-state index in [1.807, 2.05) is 11.8 Å². The lowest BCUT2D eigenvalue weighted by Crippen LogP contribution is -2.46. The smallest absolute Gasteiger partial charge is 0.409 e. The zero-order chi connectivity index (χ0) is 13.7. The molecule has 5 nitrogen and oxygen atoms in total. The van der Waals surface area contributed by atoms with Gasteiger partial charge in [0.05, 0.1) is 6.61 Å². The molecule has 19 heavy (non-hydrogen) atoms. The number of hydrogen-bond donors (Lipinski definition) is 1. The molecule has 0 aromatic rings. The fourth-order valence-electron chi connectivity index (χ4n) is 3.01. The molecule has 2 saturated heterocycles. The van der Waals surface area contributed by atoms with Crippen LogP contribution in [-0.2, 0) is 4.74 Å². The van der Waals surface area contributed by atoms with E-state index in [1.54, 1.807) is 0 Å². The van der Waals surface area contributed by atoms with Crippen molar-refractivity contribution in [3.05, 3.63) is 0 Å². The van der Waals surface area contributed by atoms with Gasteiger partial charge in [0, 0.05) is 25.7 Å². The van der Waals surface area contributed by atoms with E-state index in [1.165, 1.54) is 19.5 Å². The van der Waals surface area contributed by atoms with E-state index in [0.29, 0.717) is 12.6 Å². The Morgan fingerprint density at radius 2 is 2.00 bits per heavy atom. The molecular weight excluding hydrogens is 242 g/mol. The summed E-state index contributed by atoms with van der Waals surface area (Å²) in [4.78, 5) is 15.8. The van der Waals surface area contributed by atoms with Gasteiger partial charge in [0.25, 0.3) is 0 Å². The van der Waals surface area contributed by atoms with E-state index in [9.17, 15) is 4.79 Å². The van der Waals surface area contributed by atoms with Gasteiger partial charge in [-0.1, -0.05) is 0 Å². The molecule has 1 atom stereocenters. The summed E-state index contributed by atoms with van der Waals surface area (Å²) in [5.74, 6) is 0.799. The Balaban J connectivity index is 1.62. The molecule has 0 aliphatic carbocycles. The number of nitrogens with one attached hydrogen (secondary N) is 1. The van der Waals surface area contributed by atoms with E-state index in [-0.39, 0.29) is 6.09 Å². The Bertz CT molecular complexity index is 290. The highest BCUT2D eigenvalue weighted by atomic mass is 16.6. The summed E-state index contributed by atoms with van der Waals surface area (Å²) in [5, 5.41) is 3.67. The molecule has 2 rings (SSSR count). The summed E-state index contributed by atoms with van der Waals surface area (Å²) in [6, 6.07) is 0.566. The lowest BCUT2D eigenvalue weighted by molar-refractivity contribution is 0.0948. The molecule has 1 N–H and O–H groups in total. The van der Waals surface area contributed by atoms with Crippen molar-refractivity contribution < 1.29 is 9.53 Å². The molecule has 1 amide bonds. The predicted molar refractivity (Wildman–Crippen MR) is 75.2 cm³/mol. The molecule has 0 radical (unpaired) electrons. The van der Waals surface area contributed by atoms with E-state index >= 15 is 0 Å². The Hall–Kier alpha value is -0.810. The number of carbonyl (C=O) groups is 1. The molecule has 2 heterocycles. The third-order valence-electron chi connectivity index (χ3n) is 4.21. The summed E-state index contributed by atoms with van der Waals surface area (Å²) >= 11 is 0. The number of piperidine rings is 1. The first-order valence-electron chi connectivity index (χ1n) is 7.52. The Morgan fingerprint density at radius 1 is 1.26 bits per heavy atom. The number of likely N-dealkylation sites (tertiary alicyclic amines) is 2. The topological polar surface area (TPSA) is 44.8 Å². The van der Waals surface area contributed by atoms with Gasteiger partial charge in [-0.25, -0.2) is 4.79 Å². The highest BCUT2D eigenvalue weighted by Crippen LogP contribution is 2.15. The van der Waals surface area contributed by atoms with E-state index in [4.69, 9.17) is 4.74 Å². The molecule has 0 aromatic carbocycles. The van der Waals surface area contributed by atoms with Gasteiger partial charge < -0.3 is 19.9 Å². The Kier molecular flexibility index (Phi) is 5.45. The minimum Gasteiger partial charge on any atom is -0.450 e. The van der Waals surface area contributed by atoms with Gasteiger partial charge in [0.2, 0.25) is 0 Å². The van der Waals surface area contributed by atoms with Crippen molar-refractivity contribution in [1.82, 2.24) is 15.1 Å². The average Bonchev–Trinajstić information content (AvgIpc) is 2.83. The molecule has 0 spiro atoms. The highest BCUT2D eigenvalue weighted by molar-refractivity contribution is 5.67. The van der Waals surface area contributed by atoms with Crippen molar-refractivity contribution in [2.75, 3.05) is 46.4 Å². The van der Waals surface area contributed by atoms with E-state index < -0.39 is 0 Å². The number of hydrogen-bond acceptors (Lipinski definition) is 4. The van der Waals surface area contributed by atoms with Crippen molar-refractivity contribution in [3.63, 3.8) is 0 Å². The second-order valence-corrected chi connectivity index (χ2v) is 5.79. The van der Waals surface area contributed by atoms with Crippen LogP contribution in [-0.4, -0.2) is 68.3 Å². The predicted octanol–water partition coefficient (Wildman–Crippen LogP) is 1.15. The average molecular weight is 269 g/mol. The van der Waals surface area contributed by atoms with Crippen LogP contribution in [0, 0.1) is 5.92 Å². The van der Waals surface area contributed by atoms with Crippen molar-refractivity contribution in [2.45, 2.75) is 32.2 Å². The first kappa shape index (κ1) is 14.6. The van der Waals surface area contributed by atoms with Gasteiger partial charge in [-0.3, -0.25) is 0 Å². The number of ether oxygens (including phenoxy) is 1. The fraction of sp³-hybridized carbons (Fsp3) is 0.929. The number of carbonyl (C=O) groups excluding carboxylic acids is 1. The SMILES string of the molecule is CCOC(=O)N1CCC(NCC2CCN(C)C2)CC1. The van der Waals surface area contributed by atoms with Gasteiger partial charge in [-0.2, -0.15) is 0 Å². The van der Waals surface area contributed by atoms with E-state index in [0.717, 1.165) is 38.4 Å². The molecule has 2 aliphatic heterocycles. The summed E-state index contributed by atoms with van der Waals surface area (Å²) in [6.07, 6.45) is 3.24. The summed E-state index contributed by atoms with van der Waals surface area (Å²) in [6.45, 7) is 7.52. The van der Waals surface area contributed by atoms with Crippen molar-refractivity contribution in [3.8, 4) is 0 Å².